The van der Waals surface area contributed by atoms with Gasteiger partial charge >= 0.3 is 0 Å². The highest BCUT2D eigenvalue weighted by Crippen LogP contribution is 2.32. The third-order valence-electron chi connectivity index (χ3n) is 4.13. The fourth-order valence-electron chi connectivity index (χ4n) is 2.87. The molecule has 3 rings (SSSR count). The minimum Gasteiger partial charge on any atom is -0.497 e. The van der Waals surface area contributed by atoms with Crippen LogP contribution in [0.15, 0.2) is 24.3 Å². The molecule has 1 N–H and O–H groups in total. The zero-order valence-electron chi connectivity index (χ0n) is 13.5. The normalized spacial score (nSPS) is 13.8. The fraction of sp³-hybridized carbons (Fsp3) is 0.389. The van der Waals surface area contributed by atoms with Gasteiger partial charge in [-0.3, -0.25) is 4.79 Å². The van der Waals surface area contributed by atoms with Crippen molar-refractivity contribution in [3.05, 3.63) is 39.6 Å². The maximum absolute atomic E-state index is 12.6. The first-order chi connectivity index (χ1) is 11.2. The zero-order chi connectivity index (χ0) is 16.2. The van der Waals surface area contributed by atoms with E-state index in [1.165, 1.54) is 29.7 Å². The van der Waals surface area contributed by atoms with Crippen molar-refractivity contribution in [1.29, 1.82) is 0 Å². The van der Waals surface area contributed by atoms with Crippen molar-refractivity contribution in [1.82, 2.24) is 0 Å². The van der Waals surface area contributed by atoms with Gasteiger partial charge in [-0.2, -0.15) is 0 Å². The smallest absolute Gasteiger partial charge is 0.265 e. The number of carbonyl (C=O) groups is 1. The Kier molecular flexibility index (Phi) is 4.86. The van der Waals surface area contributed by atoms with Gasteiger partial charge in [-0.1, -0.05) is 6.42 Å². The van der Waals surface area contributed by atoms with Crippen LogP contribution in [0.2, 0.25) is 0 Å². The summed E-state index contributed by atoms with van der Waals surface area (Å²) in [6.07, 6.45) is 5.90. The molecule has 0 atom stereocenters. The van der Waals surface area contributed by atoms with E-state index in [2.05, 4.69) is 5.32 Å². The van der Waals surface area contributed by atoms with Crippen molar-refractivity contribution in [2.45, 2.75) is 32.1 Å². The molecule has 0 saturated carbocycles. The Morgan fingerprint density at radius 3 is 2.70 bits per heavy atom. The van der Waals surface area contributed by atoms with E-state index >= 15 is 0 Å². The molecule has 0 spiro atoms. The molecule has 23 heavy (non-hydrogen) atoms. The number of benzene rings is 1. The van der Waals surface area contributed by atoms with Gasteiger partial charge < -0.3 is 14.8 Å². The Morgan fingerprint density at radius 1 is 1.09 bits per heavy atom. The highest BCUT2D eigenvalue weighted by Gasteiger charge is 2.17. The lowest BCUT2D eigenvalue weighted by molar-refractivity contribution is 0.103. The molecule has 0 unspecified atom stereocenters. The molecular weight excluding hydrogens is 310 g/mol. The van der Waals surface area contributed by atoms with Gasteiger partial charge in [0, 0.05) is 10.9 Å². The lowest BCUT2D eigenvalue weighted by Crippen LogP contribution is -2.11. The third-order valence-corrected chi connectivity index (χ3v) is 5.36. The Labute approximate surface area is 140 Å². The average Bonchev–Trinajstić information content (AvgIpc) is 2.86. The van der Waals surface area contributed by atoms with Crippen molar-refractivity contribution in [3.63, 3.8) is 0 Å². The maximum Gasteiger partial charge on any atom is 0.265 e. The van der Waals surface area contributed by atoms with Crippen molar-refractivity contribution >= 4 is 22.9 Å². The quantitative estimate of drug-likeness (QED) is 0.850. The van der Waals surface area contributed by atoms with Crippen LogP contribution in [0.4, 0.5) is 5.69 Å². The van der Waals surface area contributed by atoms with Gasteiger partial charge in [0.15, 0.2) is 0 Å². The topological polar surface area (TPSA) is 47.6 Å². The summed E-state index contributed by atoms with van der Waals surface area (Å²) in [5.74, 6) is 1.22. The molecule has 2 aromatic rings. The van der Waals surface area contributed by atoms with Crippen LogP contribution in [-0.4, -0.2) is 20.1 Å². The summed E-state index contributed by atoms with van der Waals surface area (Å²) in [5, 5.41) is 2.94. The lowest BCUT2D eigenvalue weighted by Gasteiger charge is -2.11. The summed E-state index contributed by atoms with van der Waals surface area (Å²) in [6, 6.07) is 7.42. The molecule has 0 aliphatic heterocycles. The van der Waals surface area contributed by atoms with E-state index in [1.54, 1.807) is 37.7 Å². The standard InChI is InChI=1S/C18H21NO3S/c1-21-13-8-9-15(22-2)14(11-13)19-18(20)17-10-12-6-4-3-5-7-16(12)23-17/h8-11H,3-7H2,1-2H3,(H,19,20). The minimum atomic E-state index is -0.0883. The molecule has 1 amide bonds. The predicted molar refractivity (Wildman–Crippen MR) is 93.1 cm³/mol. The third kappa shape index (κ3) is 3.50. The number of ether oxygens (including phenoxy) is 2. The number of amides is 1. The van der Waals surface area contributed by atoms with Crippen LogP contribution in [0.3, 0.4) is 0 Å². The van der Waals surface area contributed by atoms with Crippen LogP contribution >= 0.6 is 11.3 Å². The fourth-order valence-corrected chi connectivity index (χ4v) is 4.02. The van der Waals surface area contributed by atoms with E-state index in [0.29, 0.717) is 17.2 Å². The van der Waals surface area contributed by atoms with Gasteiger partial charge in [0.25, 0.3) is 5.91 Å². The van der Waals surface area contributed by atoms with E-state index in [-0.39, 0.29) is 5.91 Å². The molecule has 0 saturated heterocycles. The molecule has 0 radical (unpaired) electrons. The summed E-state index contributed by atoms with van der Waals surface area (Å²) in [7, 11) is 3.19. The van der Waals surface area contributed by atoms with E-state index in [4.69, 9.17) is 9.47 Å². The number of fused-ring (bicyclic) bond motifs is 1. The predicted octanol–water partition coefficient (Wildman–Crippen LogP) is 4.29. The van der Waals surface area contributed by atoms with E-state index in [0.717, 1.165) is 17.7 Å². The molecule has 0 fully saturated rings. The maximum atomic E-state index is 12.6. The molecule has 1 aromatic heterocycles. The van der Waals surface area contributed by atoms with Crippen LogP contribution in [0, 0.1) is 0 Å². The molecule has 1 heterocycles. The van der Waals surface area contributed by atoms with Crippen molar-refractivity contribution in [2.24, 2.45) is 0 Å². The number of hydrogen-bond donors (Lipinski definition) is 1. The number of aryl methyl sites for hydroxylation is 2. The second-order valence-electron chi connectivity index (χ2n) is 5.64. The first-order valence-electron chi connectivity index (χ1n) is 7.86. The lowest BCUT2D eigenvalue weighted by atomic mass is 10.1. The second-order valence-corrected chi connectivity index (χ2v) is 6.78. The van der Waals surface area contributed by atoms with E-state index in [1.807, 2.05) is 12.1 Å². The first kappa shape index (κ1) is 15.9. The molecule has 1 aliphatic carbocycles. The Hall–Kier alpha value is -2.01. The van der Waals surface area contributed by atoms with Gasteiger partial charge in [0.05, 0.1) is 24.8 Å². The van der Waals surface area contributed by atoms with Crippen molar-refractivity contribution in [3.8, 4) is 11.5 Å². The summed E-state index contributed by atoms with van der Waals surface area (Å²) < 4.78 is 10.5. The summed E-state index contributed by atoms with van der Waals surface area (Å²) in [5.41, 5.74) is 1.97. The van der Waals surface area contributed by atoms with Gasteiger partial charge in [-0.05, 0) is 49.4 Å². The van der Waals surface area contributed by atoms with Gasteiger partial charge in [0.1, 0.15) is 11.5 Å². The number of thiophene rings is 1. The summed E-state index contributed by atoms with van der Waals surface area (Å²) >= 11 is 1.62. The molecule has 1 aromatic carbocycles. The largest absolute Gasteiger partial charge is 0.497 e. The highest BCUT2D eigenvalue weighted by molar-refractivity contribution is 7.14. The van der Waals surface area contributed by atoms with Crippen LogP contribution in [0.1, 0.15) is 39.4 Å². The number of nitrogens with one attached hydrogen (secondary N) is 1. The number of carbonyl (C=O) groups excluding carboxylic acids is 1. The highest BCUT2D eigenvalue weighted by atomic mass is 32.1. The summed E-state index contributed by atoms with van der Waals surface area (Å²) in [4.78, 5) is 14.7. The Balaban J connectivity index is 1.82. The molecule has 122 valence electrons. The number of methoxy groups -OCH3 is 2. The molecule has 4 nitrogen and oxygen atoms in total. The molecule has 1 aliphatic rings. The monoisotopic (exact) mass is 331 g/mol. The number of anilines is 1. The van der Waals surface area contributed by atoms with Crippen LogP contribution in [0.5, 0.6) is 11.5 Å². The van der Waals surface area contributed by atoms with Gasteiger partial charge in [-0.25, -0.2) is 0 Å². The van der Waals surface area contributed by atoms with Crippen LogP contribution in [0.25, 0.3) is 0 Å². The van der Waals surface area contributed by atoms with Crippen molar-refractivity contribution < 1.29 is 14.3 Å². The Bertz CT molecular complexity index is 685. The number of hydrogen-bond acceptors (Lipinski definition) is 4. The molecule has 5 heteroatoms. The SMILES string of the molecule is COc1ccc(OC)c(NC(=O)c2cc3c(s2)CCCCC3)c1. The average molecular weight is 331 g/mol. The van der Waals surface area contributed by atoms with Crippen LogP contribution in [-0.2, 0) is 12.8 Å². The second kappa shape index (κ2) is 7.04. The molecule has 0 bridgehead atoms. The van der Waals surface area contributed by atoms with E-state index < -0.39 is 0 Å². The van der Waals surface area contributed by atoms with Crippen molar-refractivity contribution in [2.75, 3.05) is 19.5 Å². The van der Waals surface area contributed by atoms with Gasteiger partial charge in [0.2, 0.25) is 0 Å². The zero-order valence-corrected chi connectivity index (χ0v) is 14.3. The first-order valence-corrected chi connectivity index (χ1v) is 8.68. The van der Waals surface area contributed by atoms with E-state index in [9.17, 15) is 4.79 Å². The number of rotatable bonds is 4. The minimum absolute atomic E-state index is 0.0883. The molecular formula is C18H21NO3S. The Morgan fingerprint density at radius 2 is 1.91 bits per heavy atom. The van der Waals surface area contributed by atoms with Gasteiger partial charge in [-0.15, -0.1) is 11.3 Å². The summed E-state index contributed by atoms with van der Waals surface area (Å²) in [6.45, 7) is 0. The van der Waals surface area contributed by atoms with Crippen LogP contribution < -0.4 is 14.8 Å².